The fraction of sp³-hybridized carbons (Fsp3) is 0.250. The van der Waals surface area contributed by atoms with E-state index >= 15 is 0 Å². The second kappa shape index (κ2) is 4.48. The van der Waals surface area contributed by atoms with Gasteiger partial charge >= 0.3 is 0 Å². The number of rotatable bonds is 3. The van der Waals surface area contributed by atoms with Crippen LogP contribution in [0.2, 0.25) is 5.02 Å². The quantitative estimate of drug-likeness (QED) is 0.783. The number of thioether (sulfide) groups is 1. The van der Waals surface area contributed by atoms with Crippen LogP contribution in [0.5, 0.6) is 0 Å². The van der Waals surface area contributed by atoms with Gasteiger partial charge in [0, 0.05) is 11.2 Å². The number of primary amides is 1. The van der Waals surface area contributed by atoms with Gasteiger partial charge in [0.25, 0.3) is 0 Å². The van der Waals surface area contributed by atoms with E-state index in [1.165, 1.54) is 11.8 Å². The third-order valence-corrected chi connectivity index (χ3v) is 2.68. The maximum absolute atomic E-state index is 10.7. The Balaban J connectivity index is 2.69. The van der Waals surface area contributed by atoms with E-state index in [1.807, 2.05) is 0 Å². The molecule has 0 aliphatic heterocycles. The average molecular weight is 217 g/mol. The number of carbonyl (C=O) groups excluding carboxylic acids is 1. The lowest BCUT2D eigenvalue weighted by molar-refractivity contribution is -0.117. The number of halogens is 1. The zero-order valence-corrected chi connectivity index (χ0v) is 8.60. The molecule has 0 bridgehead atoms. The second-order valence-electron chi connectivity index (χ2n) is 2.47. The van der Waals surface area contributed by atoms with Crippen molar-refractivity contribution in [2.24, 2.45) is 5.73 Å². The summed E-state index contributed by atoms with van der Waals surface area (Å²) in [7, 11) is 0. The first kappa shape index (κ1) is 10.3. The predicted molar refractivity (Wildman–Crippen MR) is 53.8 cm³/mol. The molecule has 0 aromatic carbocycles. The minimum absolute atomic E-state index is 0.286. The number of nitrogens with two attached hydrogens (primary N) is 1. The van der Waals surface area contributed by atoms with Crippen molar-refractivity contribution in [3.05, 3.63) is 23.4 Å². The molecule has 2 N–H and O–H groups in total. The first-order valence-electron chi connectivity index (χ1n) is 3.67. The summed E-state index contributed by atoms with van der Waals surface area (Å²) in [5.74, 6) is -0.355. The van der Waals surface area contributed by atoms with Gasteiger partial charge in [-0.25, -0.2) is 4.98 Å². The van der Waals surface area contributed by atoms with Gasteiger partial charge in [-0.2, -0.15) is 0 Å². The van der Waals surface area contributed by atoms with Crippen molar-refractivity contribution in [2.45, 2.75) is 17.2 Å². The summed E-state index contributed by atoms with van der Waals surface area (Å²) in [6, 6.07) is 3.38. The van der Waals surface area contributed by atoms with Crippen LogP contribution >= 0.6 is 23.4 Å². The summed E-state index contributed by atoms with van der Waals surface area (Å²) in [5, 5.41) is 1.03. The van der Waals surface area contributed by atoms with E-state index in [0.717, 1.165) is 0 Å². The molecule has 0 fully saturated rings. The maximum Gasteiger partial charge on any atom is 0.230 e. The van der Waals surface area contributed by atoms with Crippen LogP contribution in [0, 0.1) is 0 Å². The van der Waals surface area contributed by atoms with Gasteiger partial charge in [0.15, 0.2) is 0 Å². The van der Waals surface area contributed by atoms with Gasteiger partial charge in [-0.15, -0.1) is 0 Å². The summed E-state index contributed by atoms with van der Waals surface area (Å²) < 4.78 is 0. The number of hydrogen-bond acceptors (Lipinski definition) is 3. The molecule has 1 aromatic rings. The topological polar surface area (TPSA) is 56.0 Å². The van der Waals surface area contributed by atoms with Crippen molar-refractivity contribution in [1.82, 2.24) is 4.98 Å². The Hall–Kier alpha value is -0.740. The highest BCUT2D eigenvalue weighted by molar-refractivity contribution is 8.00. The SMILES string of the molecule is CC(Sc1cc(Cl)ccn1)C(N)=O. The van der Waals surface area contributed by atoms with Crippen molar-refractivity contribution >= 4 is 29.3 Å². The fourth-order valence-corrected chi connectivity index (χ4v) is 1.71. The highest BCUT2D eigenvalue weighted by Gasteiger charge is 2.10. The largest absolute Gasteiger partial charge is 0.369 e. The van der Waals surface area contributed by atoms with Crippen molar-refractivity contribution < 1.29 is 4.79 Å². The summed E-state index contributed by atoms with van der Waals surface area (Å²) >= 11 is 7.03. The van der Waals surface area contributed by atoms with Crippen molar-refractivity contribution in [3.63, 3.8) is 0 Å². The van der Waals surface area contributed by atoms with E-state index in [1.54, 1.807) is 25.3 Å². The summed E-state index contributed by atoms with van der Waals surface area (Å²) in [5.41, 5.74) is 5.10. The van der Waals surface area contributed by atoms with Crippen LogP contribution in [0.3, 0.4) is 0 Å². The molecule has 1 amide bonds. The average Bonchev–Trinajstić information content (AvgIpc) is 2.04. The number of hydrogen-bond donors (Lipinski definition) is 1. The zero-order valence-electron chi connectivity index (χ0n) is 7.03. The molecule has 13 heavy (non-hydrogen) atoms. The second-order valence-corrected chi connectivity index (χ2v) is 4.27. The number of aromatic nitrogens is 1. The molecule has 1 unspecified atom stereocenters. The van der Waals surface area contributed by atoms with Crippen LogP contribution in [-0.4, -0.2) is 16.1 Å². The van der Waals surface area contributed by atoms with Gasteiger partial charge in [-0.05, 0) is 19.1 Å². The minimum atomic E-state index is -0.355. The molecule has 5 heteroatoms. The summed E-state index contributed by atoms with van der Waals surface area (Å²) in [6.07, 6.45) is 1.60. The van der Waals surface area contributed by atoms with Crippen LogP contribution < -0.4 is 5.73 Å². The Morgan fingerprint density at radius 1 is 1.77 bits per heavy atom. The fourth-order valence-electron chi connectivity index (χ4n) is 0.689. The molecule has 3 nitrogen and oxygen atoms in total. The Morgan fingerprint density at radius 2 is 2.46 bits per heavy atom. The number of amides is 1. The molecular formula is C8H9ClN2OS. The first-order chi connectivity index (χ1) is 6.09. The van der Waals surface area contributed by atoms with Crippen molar-refractivity contribution in [2.75, 3.05) is 0 Å². The van der Waals surface area contributed by atoms with E-state index in [2.05, 4.69) is 4.98 Å². The lowest BCUT2D eigenvalue weighted by Crippen LogP contribution is -2.22. The van der Waals surface area contributed by atoms with E-state index in [-0.39, 0.29) is 11.2 Å². The van der Waals surface area contributed by atoms with Crippen molar-refractivity contribution in [3.8, 4) is 0 Å². The van der Waals surface area contributed by atoms with Crippen LogP contribution in [0.1, 0.15) is 6.92 Å². The third kappa shape index (κ3) is 3.24. The zero-order chi connectivity index (χ0) is 9.84. The van der Waals surface area contributed by atoms with Crippen LogP contribution in [0.4, 0.5) is 0 Å². The number of nitrogens with zero attached hydrogens (tertiary/aromatic N) is 1. The molecule has 1 aromatic heterocycles. The van der Waals surface area contributed by atoms with Crippen LogP contribution in [-0.2, 0) is 4.79 Å². The molecule has 0 radical (unpaired) electrons. The van der Waals surface area contributed by atoms with E-state index < -0.39 is 0 Å². The minimum Gasteiger partial charge on any atom is -0.369 e. The monoisotopic (exact) mass is 216 g/mol. The molecule has 0 aliphatic carbocycles. The summed E-state index contributed by atoms with van der Waals surface area (Å²) in [4.78, 5) is 14.8. The Morgan fingerprint density at radius 3 is 3.00 bits per heavy atom. The van der Waals surface area contributed by atoms with Gasteiger partial charge in [0.1, 0.15) is 0 Å². The normalized spacial score (nSPS) is 12.5. The van der Waals surface area contributed by atoms with Crippen LogP contribution in [0.25, 0.3) is 0 Å². The third-order valence-electron chi connectivity index (χ3n) is 1.40. The van der Waals surface area contributed by atoms with Crippen LogP contribution in [0.15, 0.2) is 23.4 Å². The number of pyridine rings is 1. The lowest BCUT2D eigenvalue weighted by atomic mass is 10.5. The molecule has 1 heterocycles. The van der Waals surface area contributed by atoms with Gasteiger partial charge in [-0.3, -0.25) is 4.79 Å². The molecule has 1 rings (SSSR count). The molecule has 0 spiro atoms. The van der Waals surface area contributed by atoms with E-state index in [0.29, 0.717) is 10.0 Å². The molecule has 70 valence electrons. The highest BCUT2D eigenvalue weighted by Crippen LogP contribution is 2.22. The Labute approximate surface area is 85.7 Å². The lowest BCUT2D eigenvalue weighted by Gasteiger charge is -2.05. The number of carbonyl (C=O) groups is 1. The van der Waals surface area contributed by atoms with Gasteiger partial charge in [0.05, 0.1) is 10.3 Å². The molecule has 1 atom stereocenters. The molecule has 0 saturated carbocycles. The van der Waals surface area contributed by atoms with Crippen molar-refractivity contribution in [1.29, 1.82) is 0 Å². The van der Waals surface area contributed by atoms with E-state index in [9.17, 15) is 4.79 Å². The molecular weight excluding hydrogens is 208 g/mol. The Bertz CT molecular complexity index is 319. The van der Waals surface area contributed by atoms with Gasteiger partial charge in [-0.1, -0.05) is 23.4 Å². The Kier molecular flexibility index (Phi) is 3.57. The maximum atomic E-state index is 10.7. The van der Waals surface area contributed by atoms with E-state index in [4.69, 9.17) is 17.3 Å². The molecule has 0 aliphatic rings. The first-order valence-corrected chi connectivity index (χ1v) is 4.93. The highest BCUT2D eigenvalue weighted by atomic mass is 35.5. The molecule has 0 saturated heterocycles. The smallest absolute Gasteiger partial charge is 0.230 e. The standard InChI is InChI=1S/C8H9ClN2OS/c1-5(8(10)12)13-7-4-6(9)2-3-11-7/h2-5H,1H3,(H2,10,12). The van der Waals surface area contributed by atoms with Gasteiger partial charge in [0.2, 0.25) is 5.91 Å². The van der Waals surface area contributed by atoms with Gasteiger partial charge < -0.3 is 5.73 Å². The summed E-state index contributed by atoms with van der Waals surface area (Å²) in [6.45, 7) is 1.73. The predicted octanol–water partition coefficient (Wildman–Crippen LogP) is 1.70.